The predicted molar refractivity (Wildman–Crippen MR) is 61.5 cm³/mol. The first-order valence-corrected chi connectivity index (χ1v) is 7.33. The predicted octanol–water partition coefficient (Wildman–Crippen LogP) is 3.10. The summed E-state index contributed by atoms with van der Waals surface area (Å²) in [5.41, 5.74) is -0.762. The van der Waals surface area contributed by atoms with Crippen molar-refractivity contribution in [3.63, 3.8) is 0 Å². The van der Waals surface area contributed by atoms with E-state index in [1.54, 1.807) is 0 Å². The van der Waals surface area contributed by atoms with Crippen molar-refractivity contribution >= 4 is 10.1 Å². The van der Waals surface area contributed by atoms with Gasteiger partial charge in [0.15, 0.2) is 0 Å². The van der Waals surface area contributed by atoms with Crippen LogP contribution in [0.4, 0.5) is 17.6 Å². The van der Waals surface area contributed by atoms with Crippen LogP contribution in [0.25, 0.3) is 0 Å². The van der Waals surface area contributed by atoms with Gasteiger partial charge in [-0.3, -0.25) is 4.18 Å². The molecule has 8 heteroatoms. The Labute approximate surface area is 109 Å². The lowest BCUT2D eigenvalue weighted by molar-refractivity contribution is -0.0953. The second-order valence-electron chi connectivity index (χ2n) is 4.42. The van der Waals surface area contributed by atoms with Crippen LogP contribution in [0.3, 0.4) is 0 Å². The molecule has 0 saturated carbocycles. The van der Waals surface area contributed by atoms with E-state index in [-0.39, 0.29) is 25.0 Å². The normalized spacial score (nSPS) is 21.6. The lowest BCUT2D eigenvalue weighted by atomic mass is 9.86. The van der Waals surface area contributed by atoms with Crippen molar-refractivity contribution < 1.29 is 30.2 Å². The highest BCUT2D eigenvalue weighted by atomic mass is 32.2. The maximum atomic E-state index is 13.6. The van der Waals surface area contributed by atoms with Gasteiger partial charge < -0.3 is 0 Å². The third kappa shape index (κ3) is 4.94. The second kappa shape index (κ2) is 5.62. The number of alkyl halides is 3. The highest BCUT2D eigenvalue weighted by molar-refractivity contribution is 7.85. The molecule has 1 aliphatic carbocycles. The van der Waals surface area contributed by atoms with Crippen molar-refractivity contribution in [1.29, 1.82) is 0 Å². The minimum atomic E-state index is -4.54. The third-order valence-corrected chi connectivity index (χ3v) is 3.36. The van der Waals surface area contributed by atoms with Gasteiger partial charge in [0.25, 0.3) is 10.1 Å². The molecule has 0 spiro atoms. The molecule has 0 aromatic carbocycles. The van der Waals surface area contributed by atoms with E-state index in [1.165, 1.54) is 6.92 Å². The van der Waals surface area contributed by atoms with Gasteiger partial charge in [0.1, 0.15) is 5.83 Å². The van der Waals surface area contributed by atoms with Crippen LogP contribution >= 0.6 is 0 Å². The van der Waals surface area contributed by atoms with Crippen molar-refractivity contribution in [2.75, 3.05) is 12.9 Å². The molecule has 0 radical (unpaired) electrons. The van der Waals surface area contributed by atoms with Crippen molar-refractivity contribution in [3.05, 3.63) is 23.0 Å². The van der Waals surface area contributed by atoms with Gasteiger partial charge in [-0.1, -0.05) is 6.92 Å². The lowest BCUT2D eigenvalue weighted by Gasteiger charge is -2.24. The molecule has 0 aromatic heterocycles. The number of allylic oxidation sites excluding steroid dienone is 3. The van der Waals surface area contributed by atoms with Gasteiger partial charge in [-0.15, -0.1) is 0 Å². The molecule has 1 rings (SSSR count). The maximum Gasteiger partial charge on any atom is 0.412 e. The van der Waals surface area contributed by atoms with Gasteiger partial charge in [0.2, 0.25) is 0 Å². The molecular formula is C11H14F4O3S. The summed E-state index contributed by atoms with van der Waals surface area (Å²) in [7, 11) is -3.63. The molecule has 0 amide bonds. The summed E-state index contributed by atoms with van der Waals surface area (Å²) in [6, 6.07) is 0. The number of hydrogen-bond donors (Lipinski definition) is 0. The van der Waals surface area contributed by atoms with Gasteiger partial charge in [-0.25, -0.2) is 4.39 Å². The summed E-state index contributed by atoms with van der Waals surface area (Å²) in [6.07, 6.45) is -3.59. The average Bonchev–Trinajstić information content (AvgIpc) is 2.18. The molecule has 0 bridgehead atoms. The number of rotatable bonds is 4. The minimum absolute atomic E-state index is 0.0539. The molecule has 0 aliphatic heterocycles. The second-order valence-corrected chi connectivity index (χ2v) is 6.07. The summed E-state index contributed by atoms with van der Waals surface area (Å²) in [6.45, 7) is 1.19. The van der Waals surface area contributed by atoms with E-state index >= 15 is 0 Å². The summed E-state index contributed by atoms with van der Waals surface area (Å²) in [4.78, 5) is 0. The Morgan fingerprint density at radius 1 is 1.42 bits per heavy atom. The average molecular weight is 302 g/mol. The van der Waals surface area contributed by atoms with E-state index in [0.717, 1.165) is 6.26 Å². The molecule has 0 fully saturated rings. The fourth-order valence-electron chi connectivity index (χ4n) is 1.86. The monoisotopic (exact) mass is 302 g/mol. The van der Waals surface area contributed by atoms with E-state index in [4.69, 9.17) is 0 Å². The molecule has 110 valence electrons. The molecule has 19 heavy (non-hydrogen) atoms. The fourth-order valence-corrected chi connectivity index (χ4v) is 2.25. The van der Waals surface area contributed by atoms with E-state index in [9.17, 15) is 26.0 Å². The molecule has 1 atom stereocenters. The Kier molecular flexibility index (Phi) is 4.78. The molecule has 0 saturated heterocycles. The van der Waals surface area contributed by atoms with Crippen LogP contribution in [0.1, 0.15) is 19.8 Å². The third-order valence-electron chi connectivity index (χ3n) is 2.76. The largest absolute Gasteiger partial charge is 0.412 e. The zero-order valence-electron chi connectivity index (χ0n) is 10.4. The summed E-state index contributed by atoms with van der Waals surface area (Å²) in [5, 5.41) is 0. The Hall–Kier alpha value is -0.890. The van der Waals surface area contributed by atoms with Crippen LogP contribution in [-0.2, 0) is 14.3 Å². The number of halogens is 4. The molecule has 1 unspecified atom stereocenters. The highest BCUT2D eigenvalue weighted by Crippen LogP contribution is 2.39. The van der Waals surface area contributed by atoms with E-state index < -0.39 is 33.6 Å². The van der Waals surface area contributed by atoms with Gasteiger partial charge in [0.05, 0.1) is 12.9 Å². The Morgan fingerprint density at radius 3 is 2.42 bits per heavy atom. The van der Waals surface area contributed by atoms with Crippen LogP contribution in [-0.4, -0.2) is 27.5 Å². The topological polar surface area (TPSA) is 43.4 Å². The Balaban J connectivity index is 2.80. The smallest absolute Gasteiger partial charge is 0.270 e. The summed E-state index contributed by atoms with van der Waals surface area (Å²) in [5.74, 6) is -1.59. The van der Waals surface area contributed by atoms with Crippen LogP contribution < -0.4 is 0 Å². The standard InChI is InChI=1S/C11H14F4O3S/c1-7-5-8(11(13,14)15)6-10(12)9(7)3-4-18-19(2,16)17/h6-7H,3-5H2,1-2H3. The molecule has 1 aliphatic rings. The molecule has 0 N–H and O–H groups in total. The minimum Gasteiger partial charge on any atom is -0.270 e. The van der Waals surface area contributed by atoms with Crippen molar-refractivity contribution in [2.45, 2.75) is 25.9 Å². The summed E-state index contributed by atoms with van der Waals surface area (Å²) >= 11 is 0. The first-order chi connectivity index (χ1) is 8.50. The molecule has 0 heterocycles. The van der Waals surface area contributed by atoms with Crippen LogP contribution in [0, 0.1) is 5.92 Å². The van der Waals surface area contributed by atoms with Gasteiger partial charge in [-0.05, 0) is 30.4 Å². The zero-order valence-corrected chi connectivity index (χ0v) is 11.2. The molecule has 0 aromatic rings. The summed E-state index contributed by atoms with van der Waals surface area (Å²) < 4.78 is 76.9. The van der Waals surface area contributed by atoms with Crippen LogP contribution in [0.5, 0.6) is 0 Å². The van der Waals surface area contributed by atoms with Crippen molar-refractivity contribution in [2.24, 2.45) is 5.92 Å². The fraction of sp³-hybridized carbons (Fsp3) is 0.636. The van der Waals surface area contributed by atoms with Crippen molar-refractivity contribution in [3.8, 4) is 0 Å². The first kappa shape index (κ1) is 16.2. The van der Waals surface area contributed by atoms with Gasteiger partial charge >= 0.3 is 6.18 Å². The highest BCUT2D eigenvalue weighted by Gasteiger charge is 2.37. The molecular weight excluding hydrogens is 288 g/mol. The molecule has 3 nitrogen and oxygen atoms in total. The quantitative estimate of drug-likeness (QED) is 0.592. The van der Waals surface area contributed by atoms with Crippen molar-refractivity contribution in [1.82, 2.24) is 0 Å². The van der Waals surface area contributed by atoms with E-state index in [0.29, 0.717) is 6.08 Å². The van der Waals surface area contributed by atoms with E-state index in [2.05, 4.69) is 4.18 Å². The van der Waals surface area contributed by atoms with Gasteiger partial charge in [-0.2, -0.15) is 21.6 Å². The Bertz CT molecular complexity index is 503. The van der Waals surface area contributed by atoms with Crippen LogP contribution in [0.2, 0.25) is 0 Å². The zero-order chi connectivity index (χ0) is 14.8. The van der Waals surface area contributed by atoms with Gasteiger partial charge in [0, 0.05) is 5.57 Å². The Morgan fingerprint density at radius 2 is 2.00 bits per heavy atom. The first-order valence-electron chi connectivity index (χ1n) is 5.51. The number of hydrogen-bond acceptors (Lipinski definition) is 3. The lowest BCUT2D eigenvalue weighted by Crippen LogP contribution is -2.20. The maximum absolute atomic E-state index is 13.6. The SMILES string of the molecule is CC1CC(C(F)(F)F)=CC(F)=C1CCOS(C)(=O)=O. The van der Waals surface area contributed by atoms with E-state index in [1.807, 2.05) is 0 Å². The van der Waals surface area contributed by atoms with Crippen LogP contribution in [0.15, 0.2) is 23.0 Å².